The Morgan fingerprint density at radius 2 is 1.91 bits per heavy atom. The molecule has 6 nitrogen and oxygen atoms in total. The second kappa shape index (κ2) is 7.59. The quantitative estimate of drug-likeness (QED) is 0.404. The average Bonchev–Trinajstić information content (AvgIpc) is 3.54. The Morgan fingerprint density at radius 3 is 2.67 bits per heavy atom. The zero-order chi connectivity index (χ0) is 22.6. The molecule has 1 fully saturated rings. The van der Waals surface area contributed by atoms with Crippen LogP contribution in [-0.2, 0) is 12.1 Å². The number of hydrogen-bond donors (Lipinski definition) is 0. The summed E-state index contributed by atoms with van der Waals surface area (Å²) in [5, 5.41) is 1.45. The van der Waals surface area contributed by atoms with Crippen LogP contribution in [0.15, 0.2) is 61.2 Å². The molecule has 0 unspecified atom stereocenters. The van der Waals surface area contributed by atoms with Crippen LogP contribution in [0.3, 0.4) is 0 Å². The molecule has 2 aromatic carbocycles. The summed E-state index contributed by atoms with van der Waals surface area (Å²) in [7, 11) is 1.66. The van der Waals surface area contributed by atoms with Gasteiger partial charge in [-0.25, -0.2) is 9.97 Å². The molecule has 0 saturated heterocycles. The molecule has 6 rings (SSSR count). The smallest absolute Gasteiger partial charge is 0.256 e. The highest BCUT2D eigenvalue weighted by Gasteiger charge is 2.51. The van der Waals surface area contributed by atoms with Gasteiger partial charge in [0.15, 0.2) is 0 Å². The van der Waals surface area contributed by atoms with Gasteiger partial charge in [0, 0.05) is 30.0 Å². The van der Waals surface area contributed by atoms with Crippen LogP contribution in [0.4, 0.5) is 0 Å². The summed E-state index contributed by atoms with van der Waals surface area (Å²) < 4.78 is 7.31. The molecule has 33 heavy (non-hydrogen) atoms. The number of methoxy groups -OCH3 is 1. The van der Waals surface area contributed by atoms with E-state index >= 15 is 0 Å². The van der Waals surface area contributed by atoms with Crippen molar-refractivity contribution in [1.29, 1.82) is 0 Å². The van der Waals surface area contributed by atoms with Gasteiger partial charge in [0.25, 0.3) is 5.91 Å². The highest BCUT2D eigenvalue weighted by molar-refractivity contribution is 6.34. The second-order valence-corrected chi connectivity index (χ2v) is 9.22. The second-order valence-electron chi connectivity index (χ2n) is 8.82. The molecule has 1 aliphatic carbocycles. The van der Waals surface area contributed by atoms with Gasteiger partial charge in [0.05, 0.1) is 23.2 Å². The Balaban J connectivity index is 1.46. The molecule has 0 N–H and O–H groups in total. The van der Waals surface area contributed by atoms with E-state index in [0.29, 0.717) is 17.1 Å². The number of fused-ring (bicyclic) bond motifs is 3. The number of aromatic nitrogens is 3. The lowest BCUT2D eigenvalue weighted by molar-refractivity contribution is 0.0529. The van der Waals surface area contributed by atoms with Crippen molar-refractivity contribution in [2.75, 3.05) is 7.11 Å². The number of nitrogens with zero attached hydrogens (tertiary/aromatic N) is 4. The standard InChI is InChI=1S/C26H23ClN4O2/c1-33-20-6-4-17(5-7-20)15-31-25(32)23-21(26(31)9-2-3-10-26)12-19(13-22(23)27)30-11-8-18-14-28-16-29-24(18)30/h4-8,11-14,16H,2-3,9-10,15H2,1H3. The van der Waals surface area contributed by atoms with E-state index in [1.165, 1.54) is 0 Å². The molecule has 4 aromatic rings. The van der Waals surface area contributed by atoms with E-state index in [1.54, 1.807) is 19.6 Å². The van der Waals surface area contributed by atoms with Gasteiger partial charge in [0.2, 0.25) is 0 Å². The highest BCUT2D eigenvalue weighted by atomic mass is 35.5. The molecule has 2 aromatic heterocycles. The molecule has 0 atom stereocenters. The van der Waals surface area contributed by atoms with Crippen molar-refractivity contribution in [3.63, 3.8) is 0 Å². The van der Waals surface area contributed by atoms with Gasteiger partial charge < -0.3 is 14.2 Å². The van der Waals surface area contributed by atoms with E-state index < -0.39 is 0 Å². The van der Waals surface area contributed by atoms with E-state index in [-0.39, 0.29) is 11.4 Å². The average molecular weight is 459 g/mol. The summed E-state index contributed by atoms with van der Waals surface area (Å²) in [6, 6.07) is 13.9. The molecule has 166 valence electrons. The largest absolute Gasteiger partial charge is 0.497 e. The minimum Gasteiger partial charge on any atom is -0.497 e. The molecule has 1 aliphatic heterocycles. The van der Waals surface area contributed by atoms with Crippen LogP contribution in [0.1, 0.15) is 47.2 Å². The molecule has 0 radical (unpaired) electrons. The molecular formula is C26H23ClN4O2. The number of carbonyl (C=O) groups excluding carboxylic acids is 1. The number of carbonyl (C=O) groups is 1. The number of halogens is 1. The number of ether oxygens (including phenoxy) is 1. The van der Waals surface area contributed by atoms with Crippen LogP contribution in [0.5, 0.6) is 5.75 Å². The zero-order valence-electron chi connectivity index (χ0n) is 18.3. The van der Waals surface area contributed by atoms with Crippen LogP contribution < -0.4 is 4.74 Å². The molecule has 7 heteroatoms. The van der Waals surface area contributed by atoms with Gasteiger partial charge in [-0.2, -0.15) is 0 Å². The van der Waals surface area contributed by atoms with Gasteiger partial charge in [-0.05, 0) is 54.3 Å². The van der Waals surface area contributed by atoms with Crippen LogP contribution >= 0.6 is 11.6 Å². The lowest BCUT2D eigenvalue weighted by atomic mass is 9.87. The lowest BCUT2D eigenvalue weighted by Crippen LogP contribution is -2.41. The topological polar surface area (TPSA) is 60.2 Å². The number of hydrogen-bond acceptors (Lipinski definition) is 4. The fraction of sp³-hybridized carbons (Fsp3) is 0.269. The Hall–Kier alpha value is -3.38. The van der Waals surface area contributed by atoms with Crippen LogP contribution in [0.25, 0.3) is 16.7 Å². The molecule has 1 saturated carbocycles. The van der Waals surface area contributed by atoms with Gasteiger partial charge >= 0.3 is 0 Å². The van der Waals surface area contributed by atoms with Crippen molar-refractivity contribution in [3.05, 3.63) is 82.9 Å². The molecule has 1 spiro atoms. The zero-order valence-corrected chi connectivity index (χ0v) is 19.0. The van der Waals surface area contributed by atoms with Crippen LogP contribution in [-0.4, -0.2) is 32.5 Å². The maximum Gasteiger partial charge on any atom is 0.256 e. The summed E-state index contributed by atoms with van der Waals surface area (Å²) in [5.74, 6) is 0.819. The third-order valence-electron chi connectivity index (χ3n) is 7.11. The van der Waals surface area contributed by atoms with Crippen molar-refractivity contribution in [2.45, 2.75) is 37.8 Å². The van der Waals surface area contributed by atoms with Crippen molar-refractivity contribution < 1.29 is 9.53 Å². The first-order chi connectivity index (χ1) is 16.1. The maximum atomic E-state index is 13.7. The SMILES string of the molecule is COc1ccc(CN2C(=O)c3c(Cl)cc(-n4ccc5cncnc54)cc3C23CCCC3)cc1. The molecule has 3 heterocycles. The Morgan fingerprint density at radius 1 is 1.12 bits per heavy atom. The summed E-state index contributed by atoms with van der Waals surface area (Å²) >= 11 is 6.80. The Labute approximate surface area is 196 Å². The van der Waals surface area contributed by atoms with Gasteiger partial charge in [0.1, 0.15) is 17.7 Å². The first-order valence-electron chi connectivity index (χ1n) is 11.2. The maximum absolute atomic E-state index is 13.7. The van der Waals surface area contributed by atoms with Crippen LogP contribution in [0.2, 0.25) is 5.02 Å². The normalized spacial score (nSPS) is 16.7. The highest BCUT2D eigenvalue weighted by Crippen LogP contribution is 2.52. The van der Waals surface area contributed by atoms with E-state index in [2.05, 4.69) is 16.0 Å². The van der Waals surface area contributed by atoms with E-state index in [0.717, 1.165) is 59.3 Å². The fourth-order valence-electron chi connectivity index (χ4n) is 5.51. The molecule has 0 bridgehead atoms. The lowest BCUT2D eigenvalue weighted by Gasteiger charge is -2.36. The number of benzene rings is 2. The molecule has 1 amide bonds. The predicted molar refractivity (Wildman–Crippen MR) is 127 cm³/mol. The number of amides is 1. The van der Waals surface area contributed by atoms with Gasteiger partial charge in [-0.1, -0.05) is 36.6 Å². The summed E-state index contributed by atoms with van der Waals surface area (Å²) in [6.07, 6.45) is 9.39. The van der Waals surface area contributed by atoms with E-state index in [1.807, 2.05) is 52.1 Å². The first kappa shape index (κ1) is 20.2. The van der Waals surface area contributed by atoms with Crippen molar-refractivity contribution in [2.24, 2.45) is 0 Å². The summed E-state index contributed by atoms with van der Waals surface area (Å²) in [5.41, 5.74) is 4.16. The first-order valence-corrected chi connectivity index (χ1v) is 11.5. The molecule has 2 aliphatic rings. The van der Waals surface area contributed by atoms with E-state index in [9.17, 15) is 4.79 Å². The minimum atomic E-state index is -0.329. The monoisotopic (exact) mass is 458 g/mol. The fourth-order valence-corrected chi connectivity index (χ4v) is 5.81. The van der Waals surface area contributed by atoms with Crippen LogP contribution in [0, 0.1) is 0 Å². The van der Waals surface area contributed by atoms with Gasteiger partial charge in [-0.3, -0.25) is 4.79 Å². The number of rotatable bonds is 4. The summed E-state index contributed by atoms with van der Waals surface area (Å²) in [6.45, 7) is 0.544. The van der Waals surface area contributed by atoms with Crippen molar-refractivity contribution in [1.82, 2.24) is 19.4 Å². The minimum absolute atomic E-state index is 0.0129. The van der Waals surface area contributed by atoms with Crippen molar-refractivity contribution in [3.8, 4) is 11.4 Å². The molecular weight excluding hydrogens is 436 g/mol. The summed E-state index contributed by atoms with van der Waals surface area (Å²) in [4.78, 5) is 24.3. The Bertz CT molecular complexity index is 1370. The Kier molecular flexibility index (Phi) is 4.66. The third kappa shape index (κ3) is 3.04. The third-order valence-corrected chi connectivity index (χ3v) is 7.41. The van der Waals surface area contributed by atoms with Crippen molar-refractivity contribution >= 4 is 28.5 Å². The van der Waals surface area contributed by atoms with E-state index in [4.69, 9.17) is 16.3 Å². The predicted octanol–water partition coefficient (Wildman–Crippen LogP) is 5.51. The van der Waals surface area contributed by atoms with Gasteiger partial charge in [-0.15, -0.1) is 0 Å².